The van der Waals surface area contributed by atoms with Crippen LogP contribution < -0.4 is 9.64 Å². The molecule has 224 valence electrons. The number of benzene rings is 2. The Morgan fingerprint density at radius 3 is 2.40 bits per heavy atom. The third kappa shape index (κ3) is 7.47. The van der Waals surface area contributed by atoms with Crippen molar-refractivity contribution >= 4 is 11.7 Å². The van der Waals surface area contributed by atoms with Crippen LogP contribution in [-0.2, 0) is 33.7 Å². The molecule has 42 heavy (non-hydrogen) atoms. The van der Waals surface area contributed by atoms with Crippen molar-refractivity contribution in [1.82, 2.24) is 4.98 Å². The third-order valence-electron chi connectivity index (χ3n) is 8.33. The monoisotopic (exact) mass is 576 g/mol. The number of aliphatic carboxylic acids is 1. The van der Waals surface area contributed by atoms with Gasteiger partial charge in [-0.05, 0) is 60.6 Å². The molecular formula is C34H41FN2O5. The summed E-state index contributed by atoms with van der Waals surface area (Å²) in [5.74, 6) is 0.0110. The van der Waals surface area contributed by atoms with Crippen LogP contribution in [0.2, 0.25) is 0 Å². The van der Waals surface area contributed by atoms with Crippen LogP contribution >= 0.6 is 0 Å². The van der Waals surface area contributed by atoms with E-state index in [0.29, 0.717) is 45.4 Å². The van der Waals surface area contributed by atoms with Gasteiger partial charge in [-0.1, -0.05) is 38.1 Å². The van der Waals surface area contributed by atoms with Gasteiger partial charge in [-0.2, -0.15) is 0 Å². The fourth-order valence-corrected chi connectivity index (χ4v) is 5.60. The minimum absolute atomic E-state index is 0.0911. The fraction of sp³-hybridized carbons (Fsp3) is 0.471. The molecule has 7 nitrogen and oxygen atoms in total. The van der Waals surface area contributed by atoms with Gasteiger partial charge in [0.2, 0.25) is 0 Å². The van der Waals surface area contributed by atoms with Gasteiger partial charge in [-0.25, -0.2) is 4.39 Å². The second kappa shape index (κ2) is 13.2. The Hall–Kier alpha value is -3.49. The van der Waals surface area contributed by atoms with E-state index in [9.17, 15) is 14.3 Å². The van der Waals surface area contributed by atoms with Crippen LogP contribution in [0.25, 0.3) is 11.1 Å². The number of carboxylic acids is 1. The summed E-state index contributed by atoms with van der Waals surface area (Å²) in [4.78, 5) is 19.3. The average Bonchev–Trinajstić information content (AvgIpc) is 2.93. The quantitative estimate of drug-likeness (QED) is 0.274. The van der Waals surface area contributed by atoms with Gasteiger partial charge in [0, 0.05) is 42.2 Å². The smallest absolute Gasteiger partial charge is 0.307 e. The summed E-state index contributed by atoms with van der Waals surface area (Å²) in [5.41, 5.74) is 6.39. The topological polar surface area (TPSA) is 81.1 Å². The summed E-state index contributed by atoms with van der Waals surface area (Å²) in [6, 6.07) is 14.4. The zero-order valence-electron chi connectivity index (χ0n) is 24.8. The van der Waals surface area contributed by atoms with Crippen molar-refractivity contribution < 1.29 is 28.5 Å². The van der Waals surface area contributed by atoms with Crippen molar-refractivity contribution in [1.29, 1.82) is 0 Å². The van der Waals surface area contributed by atoms with Crippen molar-refractivity contribution in [3.63, 3.8) is 0 Å². The van der Waals surface area contributed by atoms with Crippen LogP contribution in [0, 0.1) is 24.1 Å². The molecule has 2 aromatic carbocycles. The predicted molar refractivity (Wildman–Crippen MR) is 161 cm³/mol. The minimum Gasteiger partial charge on any atom is -0.493 e. The van der Waals surface area contributed by atoms with E-state index in [1.165, 1.54) is 12.1 Å². The largest absolute Gasteiger partial charge is 0.493 e. The Bertz CT molecular complexity index is 1360. The number of carboxylic acid groups (broad SMARTS) is 1. The fourth-order valence-electron chi connectivity index (χ4n) is 5.60. The van der Waals surface area contributed by atoms with Gasteiger partial charge in [0.15, 0.2) is 0 Å². The third-order valence-corrected chi connectivity index (χ3v) is 8.33. The van der Waals surface area contributed by atoms with Crippen LogP contribution in [0.5, 0.6) is 5.75 Å². The molecular weight excluding hydrogens is 535 g/mol. The molecule has 0 radical (unpaired) electrons. The lowest BCUT2D eigenvalue weighted by Gasteiger charge is -2.40. The molecule has 2 aliphatic heterocycles. The molecule has 0 atom stereocenters. The molecule has 2 saturated heterocycles. The lowest BCUT2D eigenvalue weighted by molar-refractivity contribution is -0.136. The Labute approximate surface area is 247 Å². The van der Waals surface area contributed by atoms with E-state index in [4.69, 9.17) is 19.2 Å². The molecule has 2 fully saturated rings. The number of pyridine rings is 1. The molecule has 0 aliphatic carbocycles. The summed E-state index contributed by atoms with van der Waals surface area (Å²) < 4.78 is 30.7. The van der Waals surface area contributed by atoms with Crippen LogP contribution in [0.4, 0.5) is 10.1 Å². The first-order chi connectivity index (χ1) is 20.2. The first kappa shape index (κ1) is 30.0. The van der Waals surface area contributed by atoms with Gasteiger partial charge in [0.25, 0.3) is 0 Å². The first-order valence-corrected chi connectivity index (χ1v) is 14.8. The molecule has 0 saturated carbocycles. The number of carbonyl (C=O) groups is 1. The van der Waals surface area contributed by atoms with E-state index in [1.807, 2.05) is 31.2 Å². The summed E-state index contributed by atoms with van der Waals surface area (Å²) in [5, 5.41) is 9.86. The molecule has 0 bridgehead atoms. The molecule has 0 unspecified atom stereocenters. The van der Waals surface area contributed by atoms with Crippen LogP contribution in [0.1, 0.15) is 49.2 Å². The highest BCUT2D eigenvalue weighted by Crippen LogP contribution is 2.42. The highest BCUT2D eigenvalue weighted by atomic mass is 19.1. The van der Waals surface area contributed by atoms with Crippen molar-refractivity contribution in [2.45, 2.75) is 53.1 Å². The summed E-state index contributed by atoms with van der Waals surface area (Å²) in [7, 11) is 0. The highest BCUT2D eigenvalue weighted by molar-refractivity contribution is 5.86. The van der Waals surface area contributed by atoms with Gasteiger partial charge in [0.05, 0.1) is 50.8 Å². The molecule has 3 aromatic rings. The molecule has 0 spiro atoms. The Kier molecular flexibility index (Phi) is 9.43. The zero-order valence-corrected chi connectivity index (χ0v) is 24.8. The normalized spacial score (nSPS) is 16.7. The van der Waals surface area contributed by atoms with Crippen LogP contribution in [0.3, 0.4) is 0 Å². The number of piperidine rings is 1. The van der Waals surface area contributed by atoms with Crippen LogP contribution in [0.15, 0.2) is 48.5 Å². The Balaban J connectivity index is 1.45. The van der Waals surface area contributed by atoms with Crippen molar-refractivity contribution in [2.24, 2.45) is 11.3 Å². The van der Waals surface area contributed by atoms with Crippen LogP contribution in [-0.4, -0.2) is 55.6 Å². The number of halogens is 1. The number of aryl methyl sites for hydroxylation is 1. The molecule has 2 aliphatic rings. The lowest BCUT2D eigenvalue weighted by atomic mass is 9.82. The number of nitrogens with zero attached hydrogens (tertiary/aromatic N) is 2. The van der Waals surface area contributed by atoms with Crippen molar-refractivity contribution in [2.75, 3.05) is 44.4 Å². The molecule has 3 heterocycles. The van der Waals surface area contributed by atoms with E-state index in [2.05, 4.69) is 18.7 Å². The SMILES string of the molecule is Cc1nc(COCC2COC2)c(-c2ccc(OCCc3ccc(F)cc3)cc2)c(N2CCC(C)(C)CC2)c1CC(=O)O. The number of anilines is 1. The van der Waals surface area contributed by atoms with Gasteiger partial charge in [-0.15, -0.1) is 0 Å². The summed E-state index contributed by atoms with van der Waals surface area (Å²) >= 11 is 0. The second-order valence-corrected chi connectivity index (χ2v) is 12.2. The summed E-state index contributed by atoms with van der Waals surface area (Å²) in [6.07, 6.45) is 2.63. The highest BCUT2D eigenvalue weighted by Gasteiger charge is 2.31. The second-order valence-electron chi connectivity index (χ2n) is 12.2. The zero-order chi connectivity index (χ0) is 29.7. The first-order valence-electron chi connectivity index (χ1n) is 14.8. The standard InChI is InChI=1S/C34H41FN2O5/c1-23-29(18-31(38)39)33(37-15-13-34(2,3)14-16-37)32(30(36-23)22-41-21-25-19-40-20-25)26-6-10-28(11-7-26)42-17-12-24-4-8-27(35)9-5-24/h4-11,25H,12-22H2,1-3H3,(H,38,39). The van der Waals surface area contributed by atoms with E-state index >= 15 is 0 Å². The molecule has 1 aromatic heterocycles. The lowest BCUT2D eigenvalue weighted by Crippen LogP contribution is -2.38. The maximum Gasteiger partial charge on any atom is 0.307 e. The molecule has 8 heteroatoms. The summed E-state index contributed by atoms with van der Waals surface area (Å²) in [6.45, 7) is 11.0. The van der Waals surface area contributed by atoms with E-state index < -0.39 is 5.97 Å². The Morgan fingerprint density at radius 1 is 1.10 bits per heavy atom. The number of rotatable bonds is 12. The molecule has 0 amide bonds. The van der Waals surface area contributed by atoms with Gasteiger partial charge < -0.3 is 24.2 Å². The number of hydrogen-bond acceptors (Lipinski definition) is 6. The maximum absolute atomic E-state index is 13.2. The van der Waals surface area contributed by atoms with Crippen molar-refractivity contribution in [3.05, 3.63) is 76.9 Å². The number of ether oxygens (including phenoxy) is 3. The molecule has 5 rings (SSSR count). The maximum atomic E-state index is 13.2. The van der Waals surface area contributed by atoms with E-state index in [0.717, 1.165) is 71.0 Å². The van der Waals surface area contributed by atoms with Crippen molar-refractivity contribution in [3.8, 4) is 16.9 Å². The van der Waals surface area contributed by atoms with Gasteiger partial charge in [0.1, 0.15) is 11.6 Å². The number of aromatic nitrogens is 1. The van der Waals surface area contributed by atoms with Gasteiger partial charge in [-0.3, -0.25) is 9.78 Å². The van der Waals surface area contributed by atoms with Gasteiger partial charge >= 0.3 is 5.97 Å². The minimum atomic E-state index is -0.872. The van der Waals surface area contributed by atoms with E-state index in [1.54, 1.807) is 12.1 Å². The predicted octanol–water partition coefficient (Wildman–Crippen LogP) is 6.23. The van der Waals surface area contributed by atoms with E-state index in [-0.39, 0.29) is 17.7 Å². The average molecular weight is 577 g/mol. The number of hydrogen-bond donors (Lipinski definition) is 1. The molecule has 1 N–H and O–H groups in total. The Morgan fingerprint density at radius 2 is 1.79 bits per heavy atom.